The topological polar surface area (TPSA) is 26.0 Å². The van der Waals surface area contributed by atoms with Crippen LogP contribution < -0.4 is 5.73 Å². The zero-order valence-corrected chi connectivity index (χ0v) is 11.5. The van der Waals surface area contributed by atoms with Gasteiger partial charge in [-0.15, -0.1) is 0 Å². The highest BCUT2D eigenvalue weighted by Crippen LogP contribution is 2.21. The van der Waals surface area contributed by atoms with Crippen LogP contribution in [0.4, 0.5) is 4.39 Å². The number of aryl methyl sites for hydroxylation is 1. The second kappa shape index (κ2) is 6.32. The largest absolute Gasteiger partial charge is 0.327 e. The maximum atomic E-state index is 13.6. The summed E-state index contributed by atoms with van der Waals surface area (Å²) < 4.78 is 13.6. The van der Waals surface area contributed by atoms with Gasteiger partial charge in [-0.3, -0.25) is 0 Å². The average Bonchev–Trinajstić information content (AvgIpc) is 2.84. The van der Waals surface area contributed by atoms with Crippen LogP contribution in [0.1, 0.15) is 17.5 Å². The van der Waals surface area contributed by atoms with Crippen molar-refractivity contribution in [2.45, 2.75) is 25.3 Å². The summed E-state index contributed by atoms with van der Waals surface area (Å²) in [5.74, 6) is -0.270. The van der Waals surface area contributed by atoms with E-state index in [-0.39, 0.29) is 11.9 Å². The Balaban J connectivity index is 1.92. The molecule has 0 saturated carbocycles. The number of rotatable bonds is 5. The van der Waals surface area contributed by atoms with E-state index in [9.17, 15) is 4.39 Å². The lowest BCUT2D eigenvalue weighted by atomic mass is 10.0. The molecular weight excluding hydrogens is 269 g/mol. The maximum absolute atomic E-state index is 13.6. The molecule has 0 amide bonds. The van der Waals surface area contributed by atoms with Crippen LogP contribution in [0.5, 0.6) is 0 Å². The SMILES string of the molecule is NC(CCc1ccsc1)Cc1c(F)cccc1Cl. The van der Waals surface area contributed by atoms with Gasteiger partial charge in [-0.1, -0.05) is 17.7 Å². The summed E-state index contributed by atoms with van der Waals surface area (Å²) in [6.45, 7) is 0. The van der Waals surface area contributed by atoms with Crippen LogP contribution in [0.3, 0.4) is 0 Å². The van der Waals surface area contributed by atoms with E-state index in [1.165, 1.54) is 11.6 Å². The van der Waals surface area contributed by atoms with Crippen molar-refractivity contribution in [2.24, 2.45) is 5.73 Å². The highest BCUT2D eigenvalue weighted by molar-refractivity contribution is 7.07. The van der Waals surface area contributed by atoms with E-state index in [2.05, 4.69) is 16.8 Å². The molecule has 0 spiro atoms. The number of benzene rings is 1. The minimum atomic E-state index is -0.270. The predicted octanol–water partition coefficient (Wildman–Crippen LogP) is 4.04. The van der Waals surface area contributed by atoms with Gasteiger partial charge in [0.05, 0.1) is 0 Å². The van der Waals surface area contributed by atoms with Crippen LogP contribution in [0.15, 0.2) is 35.0 Å². The fourth-order valence-corrected chi connectivity index (χ4v) is 2.82. The molecule has 1 aromatic heterocycles. The third-order valence-electron chi connectivity index (χ3n) is 2.91. The van der Waals surface area contributed by atoms with Crippen molar-refractivity contribution in [3.63, 3.8) is 0 Å². The Morgan fingerprint density at radius 3 is 2.83 bits per heavy atom. The lowest BCUT2D eigenvalue weighted by Crippen LogP contribution is -2.24. The van der Waals surface area contributed by atoms with Gasteiger partial charge in [0.25, 0.3) is 0 Å². The Labute approximate surface area is 115 Å². The normalized spacial score (nSPS) is 12.6. The van der Waals surface area contributed by atoms with Crippen LogP contribution in [0, 0.1) is 5.82 Å². The highest BCUT2D eigenvalue weighted by Gasteiger charge is 2.11. The minimum Gasteiger partial charge on any atom is -0.327 e. The first-order chi connectivity index (χ1) is 8.66. The lowest BCUT2D eigenvalue weighted by Gasteiger charge is -2.13. The summed E-state index contributed by atoms with van der Waals surface area (Å²) >= 11 is 7.66. The fraction of sp³-hybridized carbons (Fsp3) is 0.286. The summed E-state index contributed by atoms with van der Waals surface area (Å²) in [6, 6.07) is 6.75. The van der Waals surface area contributed by atoms with Crippen molar-refractivity contribution in [3.8, 4) is 0 Å². The number of nitrogens with two attached hydrogens (primary N) is 1. The molecule has 2 aromatic rings. The van der Waals surface area contributed by atoms with E-state index in [0.717, 1.165) is 12.8 Å². The minimum absolute atomic E-state index is 0.0701. The van der Waals surface area contributed by atoms with Crippen molar-refractivity contribution < 1.29 is 4.39 Å². The molecule has 0 radical (unpaired) electrons. The fourth-order valence-electron chi connectivity index (χ4n) is 1.88. The summed E-state index contributed by atoms with van der Waals surface area (Å²) in [5, 5.41) is 4.62. The van der Waals surface area contributed by atoms with E-state index in [1.807, 2.05) is 0 Å². The first-order valence-electron chi connectivity index (χ1n) is 5.86. The molecule has 0 bridgehead atoms. The predicted molar refractivity (Wildman–Crippen MR) is 75.7 cm³/mol. The molecular formula is C14H15ClFNS. The Hall–Kier alpha value is -0.900. The van der Waals surface area contributed by atoms with Crippen LogP contribution in [-0.2, 0) is 12.8 Å². The zero-order valence-electron chi connectivity index (χ0n) is 9.90. The molecule has 1 unspecified atom stereocenters. The highest BCUT2D eigenvalue weighted by atomic mass is 35.5. The van der Waals surface area contributed by atoms with E-state index in [0.29, 0.717) is 17.0 Å². The summed E-state index contributed by atoms with van der Waals surface area (Å²) in [5.41, 5.74) is 7.85. The van der Waals surface area contributed by atoms with E-state index in [1.54, 1.807) is 23.5 Å². The molecule has 1 aromatic carbocycles. The van der Waals surface area contributed by atoms with Gasteiger partial charge in [-0.2, -0.15) is 11.3 Å². The molecule has 0 aliphatic heterocycles. The summed E-state index contributed by atoms with van der Waals surface area (Å²) in [6.07, 6.45) is 2.24. The molecule has 1 nitrogen and oxygen atoms in total. The average molecular weight is 284 g/mol. The van der Waals surface area contributed by atoms with Crippen LogP contribution in [0.25, 0.3) is 0 Å². The Bertz CT molecular complexity index is 478. The summed E-state index contributed by atoms with van der Waals surface area (Å²) in [7, 11) is 0. The number of hydrogen-bond acceptors (Lipinski definition) is 2. The quantitative estimate of drug-likeness (QED) is 0.880. The smallest absolute Gasteiger partial charge is 0.127 e. The molecule has 1 heterocycles. The van der Waals surface area contributed by atoms with Gasteiger partial charge in [-0.25, -0.2) is 4.39 Å². The van der Waals surface area contributed by atoms with Gasteiger partial charge < -0.3 is 5.73 Å². The monoisotopic (exact) mass is 283 g/mol. The van der Waals surface area contributed by atoms with Gasteiger partial charge in [0.15, 0.2) is 0 Å². The molecule has 2 rings (SSSR count). The van der Waals surface area contributed by atoms with Gasteiger partial charge in [0, 0.05) is 16.6 Å². The van der Waals surface area contributed by atoms with Crippen molar-refractivity contribution >= 4 is 22.9 Å². The Kier molecular flexibility index (Phi) is 4.75. The lowest BCUT2D eigenvalue weighted by molar-refractivity contribution is 0.566. The molecule has 96 valence electrons. The molecule has 4 heteroatoms. The molecule has 18 heavy (non-hydrogen) atoms. The first-order valence-corrected chi connectivity index (χ1v) is 7.18. The third-order valence-corrected chi connectivity index (χ3v) is 4.00. The van der Waals surface area contributed by atoms with E-state index < -0.39 is 0 Å². The van der Waals surface area contributed by atoms with E-state index in [4.69, 9.17) is 17.3 Å². The molecule has 0 fully saturated rings. The third kappa shape index (κ3) is 3.55. The van der Waals surface area contributed by atoms with Gasteiger partial charge >= 0.3 is 0 Å². The number of hydrogen-bond donors (Lipinski definition) is 1. The van der Waals surface area contributed by atoms with Crippen LogP contribution >= 0.6 is 22.9 Å². The molecule has 0 aliphatic rings. The van der Waals surface area contributed by atoms with Gasteiger partial charge in [0.1, 0.15) is 5.82 Å². The first kappa shape index (κ1) is 13.5. The van der Waals surface area contributed by atoms with Crippen molar-refractivity contribution in [3.05, 3.63) is 57.0 Å². The van der Waals surface area contributed by atoms with Crippen molar-refractivity contribution in [2.75, 3.05) is 0 Å². The molecule has 0 aliphatic carbocycles. The van der Waals surface area contributed by atoms with Crippen LogP contribution in [0.2, 0.25) is 5.02 Å². The van der Waals surface area contributed by atoms with Crippen molar-refractivity contribution in [1.82, 2.24) is 0 Å². The number of thiophene rings is 1. The Morgan fingerprint density at radius 2 is 2.17 bits per heavy atom. The molecule has 0 saturated heterocycles. The standard InChI is InChI=1S/C14H15ClFNS/c15-13-2-1-3-14(16)12(13)8-11(17)5-4-10-6-7-18-9-10/h1-3,6-7,9,11H,4-5,8,17H2. The molecule has 2 N–H and O–H groups in total. The second-order valence-corrected chi connectivity index (χ2v) is 5.52. The van der Waals surface area contributed by atoms with Crippen molar-refractivity contribution in [1.29, 1.82) is 0 Å². The summed E-state index contributed by atoms with van der Waals surface area (Å²) in [4.78, 5) is 0. The van der Waals surface area contributed by atoms with Gasteiger partial charge in [-0.05, 0) is 53.8 Å². The van der Waals surface area contributed by atoms with Crippen LogP contribution in [-0.4, -0.2) is 6.04 Å². The Morgan fingerprint density at radius 1 is 1.33 bits per heavy atom. The second-order valence-electron chi connectivity index (χ2n) is 4.33. The zero-order chi connectivity index (χ0) is 13.0. The maximum Gasteiger partial charge on any atom is 0.127 e. The number of halogens is 2. The molecule has 1 atom stereocenters. The van der Waals surface area contributed by atoms with Gasteiger partial charge in [0.2, 0.25) is 0 Å². The van der Waals surface area contributed by atoms with E-state index >= 15 is 0 Å².